The van der Waals surface area contributed by atoms with E-state index in [1.54, 1.807) is 0 Å². The molecule has 1 unspecified atom stereocenters. The normalized spacial score (nSPS) is 19.5. The zero-order valence-corrected chi connectivity index (χ0v) is 9.69. The first-order valence-corrected chi connectivity index (χ1v) is 6.01. The topological polar surface area (TPSA) is 39.2 Å². The van der Waals surface area contributed by atoms with Crippen LogP contribution in [0.2, 0.25) is 0 Å². The van der Waals surface area contributed by atoms with Gasteiger partial charge in [-0.2, -0.15) is 0 Å². The smallest absolute Gasteiger partial charge is 0.165 e. The van der Waals surface area contributed by atoms with Gasteiger partial charge in [0.25, 0.3) is 0 Å². The number of carbonyl (C=O) groups is 1. The number of Topliss-reactive ketones (excluding diaryl/α,β-unsaturated/α-hetero) is 1. The number of hydrogen-bond acceptors (Lipinski definition) is 3. The summed E-state index contributed by atoms with van der Waals surface area (Å²) in [6.45, 7) is 0.831. The second-order valence-electron chi connectivity index (χ2n) is 4.31. The molecule has 1 aliphatic heterocycles. The Hall–Kier alpha value is -1.29. The molecule has 1 atom stereocenters. The van der Waals surface area contributed by atoms with Crippen molar-refractivity contribution in [1.29, 1.82) is 0 Å². The Bertz CT molecular complexity index is 389. The Kier molecular flexibility index (Phi) is 4.20. The Labute approximate surface area is 100 Å². The predicted molar refractivity (Wildman–Crippen MR) is 61.4 cm³/mol. The average molecular weight is 237 g/mol. The van der Waals surface area contributed by atoms with Gasteiger partial charge in [-0.3, -0.25) is 9.78 Å². The minimum absolute atomic E-state index is 0.146. The predicted octanol–water partition coefficient (Wildman–Crippen LogP) is 2.75. The van der Waals surface area contributed by atoms with Crippen LogP contribution in [0.15, 0.2) is 18.5 Å². The molecule has 17 heavy (non-hydrogen) atoms. The molecule has 0 aliphatic carbocycles. The van der Waals surface area contributed by atoms with Gasteiger partial charge < -0.3 is 4.74 Å². The summed E-state index contributed by atoms with van der Waals surface area (Å²) in [5, 5.41) is 0. The highest BCUT2D eigenvalue weighted by Gasteiger charge is 2.16. The van der Waals surface area contributed by atoms with Gasteiger partial charge in [0, 0.05) is 19.2 Å². The van der Waals surface area contributed by atoms with Crippen molar-refractivity contribution in [3.63, 3.8) is 0 Å². The van der Waals surface area contributed by atoms with Gasteiger partial charge in [0.05, 0.1) is 17.9 Å². The largest absolute Gasteiger partial charge is 0.378 e. The maximum atomic E-state index is 13.3. The Morgan fingerprint density at radius 3 is 3.18 bits per heavy atom. The standard InChI is InChI=1S/C13H16FNO2/c14-12-9-15-7-6-11(12)13(16)5-1-3-10-4-2-8-17-10/h6-7,9-10H,1-5,8H2. The fourth-order valence-electron chi connectivity index (χ4n) is 2.10. The number of halogens is 1. The molecule has 0 radical (unpaired) electrons. The molecular formula is C13H16FNO2. The minimum Gasteiger partial charge on any atom is -0.378 e. The van der Waals surface area contributed by atoms with E-state index in [9.17, 15) is 9.18 Å². The molecule has 0 N–H and O–H groups in total. The highest BCUT2D eigenvalue weighted by molar-refractivity contribution is 5.96. The quantitative estimate of drug-likeness (QED) is 0.739. The summed E-state index contributed by atoms with van der Waals surface area (Å²) < 4.78 is 18.7. The number of rotatable bonds is 5. The number of nitrogens with zero attached hydrogens (tertiary/aromatic N) is 1. The molecular weight excluding hydrogens is 221 g/mol. The summed E-state index contributed by atoms with van der Waals surface area (Å²) >= 11 is 0. The maximum Gasteiger partial charge on any atom is 0.165 e. The van der Waals surface area contributed by atoms with Crippen molar-refractivity contribution in [2.24, 2.45) is 0 Å². The van der Waals surface area contributed by atoms with Gasteiger partial charge in [-0.25, -0.2) is 4.39 Å². The van der Waals surface area contributed by atoms with Gasteiger partial charge in [-0.15, -0.1) is 0 Å². The Morgan fingerprint density at radius 1 is 1.59 bits per heavy atom. The van der Waals surface area contributed by atoms with Crippen molar-refractivity contribution in [2.45, 2.75) is 38.2 Å². The van der Waals surface area contributed by atoms with Crippen molar-refractivity contribution < 1.29 is 13.9 Å². The van der Waals surface area contributed by atoms with Crippen molar-refractivity contribution in [3.8, 4) is 0 Å². The molecule has 0 amide bonds. The molecule has 1 aromatic rings. The van der Waals surface area contributed by atoms with Gasteiger partial charge in [-0.1, -0.05) is 0 Å². The van der Waals surface area contributed by atoms with Gasteiger partial charge in [-0.05, 0) is 31.7 Å². The second kappa shape index (κ2) is 5.87. The number of ketones is 1. The molecule has 1 fully saturated rings. The molecule has 2 rings (SSSR count). The first kappa shape index (κ1) is 12.2. The lowest BCUT2D eigenvalue weighted by Crippen LogP contribution is -2.07. The molecule has 1 aliphatic rings. The van der Waals surface area contributed by atoms with Gasteiger partial charge in [0.15, 0.2) is 11.6 Å². The van der Waals surface area contributed by atoms with Crippen LogP contribution in [-0.4, -0.2) is 23.5 Å². The molecule has 0 aromatic carbocycles. The van der Waals surface area contributed by atoms with E-state index in [-0.39, 0.29) is 11.3 Å². The third-order valence-electron chi connectivity index (χ3n) is 3.03. The van der Waals surface area contributed by atoms with Crippen molar-refractivity contribution in [2.75, 3.05) is 6.61 Å². The van der Waals surface area contributed by atoms with Gasteiger partial charge >= 0.3 is 0 Å². The van der Waals surface area contributed by atoms with Gasteiger partial charge in [0.1, 0.15) is 0 Å². The summed E-state index contributed by atoms with van der Waals surface area (Å²) in [5.74, 6) is -0.683. The van der Waals surface area contributed by atoms with Crippen LogP contribution in [0.3, 0.4) is 0 Å². The van der Waals surface area contributed by atoms with Crippen LogP contribution in [0.4, 0.5) is 4.39 Å². The minimum atomic E-state index is -0.533. The number of pyridine rings is 1. The molecule has 2 heterocycles. The third-order valence-corrected chi connectivity index (χ3v) is 3.03. The first-order chi connectivity index (χ1) is 8.27. The van der Waals surface area contributed by atoms with Crippen LogP contribution in [0.25, 0.3) is 0 Å². The number of carbonyl (C=O) groups excluding carboxylic acids is 1. The van der Waals surface area contributed by atoms with Crippen molar-refractivity contribution in [1.82, 2.24) is 4.98 Å². The molecule has 4 heteroatoms. The maximum absolute atomic E-state index is 13.3. The molecule has 3 nitrogen and oxygen atoms in total. The van der Waals surface area contributed by atoms with E-state index < -0.39 is 5.82 Å². The first-order valence-electron chi connectivity index (χ1n) is 6.01. The number of hydrogen-bond donors (Lipinski definition) is 0. The fraction of sp³-hybridized carbons (Fsp3) is 0.538. The monoisotopic (exact) mass is 237 g/mol. The summed E-state index contributed by atoms with van der Waals surface area (Å²) in [5.41, 5.74) is 0.146. The average Bonchev–Trinajstić information content (AvgIpc) is 2.82. The van der Waals surface area contributed by atoms with E-state index in [1.807, 2.05) is 0 Å². The van der Waals surface area contributed by atoms with Crippen LogP contribution in [0.1, 0.15) is 42.5 Å². The molecule has 0 spiro atoms. The molecule has 0 saturated carbocycles. The zero-order chi connectivity index (χ0) is 12.1. The number of ether oxygens (including phenoxy) is 1. The van der Waals surface area contributed by atoms with E-state index in [1.165, 1.54) is 12.3 Å². The van der Waals surface area contributed by atoms with E-state index in [2.05, 4.69) is 4.98 Å². The van der Waals surface area contributed by atoms with Crippen molar-refractivity contribution in [3.05, 3.63) is 29.8 Å². The van der Waals surface area contributed by atoms with Crippen LogP contribution < -0.4 is 0 Å². The fourth-order valence-corrected chi connectivity index (χ4v) is 2.10. The second-order valence-corrected chi connectivity index (χ2v) is 4.31. The highest BCUT2D eigenvalue weighted by atomic mass is 19.1. The van der Waals surface area contributed by atoms with Crippen molar-refractivity contribution >= 4 is 5.78 Å². The summed E-state index contributed by atoms with van der Waals surface area (Å²) in [6.07, 6.45) is 7.02. The lowest BCUT2D eigenvalue weighted by atomic mass is 10.0. The van der Waals surface area contributed by atoms with Crippen LogP contribution in [0.5, 0.6) is 0 Å². The molecule has 0 bridgehead atoms. The summed E-state index contributed by atoms with van der Waals surface area (Å²) in [4.78, 5) is 15.4. The van der Waals surface area contributed by atoms with Crippen LogP contribution in [0, 0.1) is 5.82 Å². The molecule has 1 saturated heterocycles. The zero-order valence-electron chi connectivity index (χ0n) is 9.69. The van der Waals surface area contributed by atoms with Crippen LogP contribution in [-0.2, 0) is 4.74 Å². The SMILES string of the molecule is O=C(CCCC1CCCO1)c1ccncc1F. The lowest BCUT2D eigenvalue weighted by molar-refractivity contribution is 0.0920. The molecule has 1 aromatic heterocycles. The van der Waals surface area contributed by atoms with Gasteiger partial charge in [0.2, 0.25) is 0 Å². The highest BCUT2D eigenvalue weighted by Crippen LogP contribution is 2.18. The van der Waals surface area contributed by atoms with E-state index in [4.69, 9.17) is 4.74 Å². The van der Waals surface area contributed by atoms with E-state index in [0.29, 0.717) is 12.5 Å². The van der Waals surface area contributed by atoms with E-state index >= 15 is 0 Å². The Balaban J connectivity index is 1.79. The lowest BCUT2D eigenvalue weighted by Gasteiger charge is -2.08. The van der Waals surface area contributed by atoms with Crippen LogP contribution >= 0.6 is 0 Å². The van der Waals surface area contributed by atoms with E-state index in [0.717, 1.165) is 38.5 Å². The third kappa shape index (κ3) is 3.33. The Morgan fingerprint density at radius 2 is 2.47 bits per heavy atom. The summed E-state index contributed by atoms with van der Waals surface area (Å²) in [6, 6.07) is 1.43. The molecule has 92 valence electrons. The number of aromatic nitrogens is 1. The summed E-state index contributed by atoms with van der Waals surface area (Å²) in [7, 11) is 0.